The molecule has 1 saturated heterocycles. The molecule has 2 aliphatic rings. The van der Waals surface area contributed by atoms with Crippen LogP contribution in [-0.4, -0.2) is 36.5 Å². The van der Waals surface area contributed by atoms with Crippen LogP contribution < -0.4 is 10.5 Å². The van der Waals surface area contributed by atoms with Gasteiger partial charge in [0.1, 0.15) is 5.75 Å². The highest BCUT2D eigenvalue weighted by Gasteiger charge is 2.29. The number of ether oxygens (including phenoxy) is 1. The van der Waals surface area contributed by atoms with Crippen molar-refractivity contribution in [2.75, 3.05) is 19.7 Å². The Balaban J connectivity index is 1.38. The molecule has 0 bridgehead atoms. The van der Waals surface area contributed by atoms with E-state index in [1.54, 1.807) is 0 Å². The average molecular weight is 316 g/mol. The van der Waals surface area contributed by atoms with Gasteiger partial charge in [0.15, 0.2) is 0 Å². The van der Waals surface area contributed by atoms with Crippen molar-refractivity contribution in [1.82, 2.24) is 4.90 Å². The lowest BCUT2D eigenvalue weighted by atomic mass is 9.95. The summed E-state index contributed by atoms with van der Waals surface area (Å²) in [5.74, 6) is 2.19. The van der Waals surface area contributed by atoms with Gasteiger partial charge in [0.05, 0.1) is 6.61 Å². The predicted octanol–water partition coefficient (Wildman–Crippen LogP) is 2.82. The summed E-state index contributed by atoms with van der Waals surface area (Å²) in [7, 11) is 0. The van der Waals surface area contributed by atoms with Crippen molar-refractivity contribution in [3.05, 3.63) is 30.3 Å². The van der Waals surface area contributed by atoms with Crippen LogP contribution in [0.4, 0.5) is 0 Å². The van der Waals surface area contributed by atoms with E-state index in [1.165, 1.54) is 6.42 Å². The number of carbonyl (C=O) groups excluding carboxylic acids is 1. The summed E-state index contributed by atoms with van der Waals surface area (Å²) in [6.45, 7) is 2.48. The quantitative estimate of drug-likeness (QED) is 0.909. The van der Waals surface area contributed by atoms with Gasteiger partial charge < -0.3 is 15.4 Å². The maximum absolute atomic E-state index is 12.4. The maximum atomic E-state index is 12.4. The number of piperidine rings is 1. The fraction of sp³-hybridized carbons (Fsp3) is 0.632. The monoisotopic (exact) mass is 316 g/mol. The molecule has 0 aromatic heterocycles. The molecule has 126 valence electrons. The van der Waals surface area contributed by atoms with Crippen LogP contribution in [0.25, 0.3) is 0 Å². The van der Waals surface area contributed by atoms with Crippen LogP contribution in [-0.2, 0) is 4.79 Å². The highest BCUT2D eigenvalue weighted by molar-refractivity contribution is 5.76. The molecule has 23 heavy (non-hydrogen) atoms. The van der Waals surface area contributed by atoms with Crippen molar-refractivity contribution in [3.63, 3.8) is 0 Å². The molecular formula is C19H28N2O2. The fourth-order valence-electron chi connectivity index (χ4n) is 3.75. The Labute approximate surface area is 139 Å². The minimum Gasteiger partial charge on any atom is -0.493 e. The lowest BCUT2D eigenvalue weighted by Gasteiger charge is -2.33. The zero-order valence-electron chi connectivity index (χ0n) is 13.8. The number of benzene rings is 1. The van der Waals surface area contributed by atoms with Crippen molar-refractivity contribution < 1.29 is 9.53 Å². The summed E-state index contributed by atoms with van der Waals surface area (Å²) >= 11 is 0. The molecular weight excluding hydrogens is 288 g/mol. The highest BCUT2D eigenvalue weighted by atomic mass is 16.5. The Hall–Kier alpha value is -1.55. The first-order chi connectivity index (χ1) is 11.2. The van der Waals surface area contributed by atoms with Crippen LogP contribution in [0.2, 0.25) is 0 Å². The molecule has 1 aliphatic carbocycles. The number of para-hydroxylation sites is 1. The maximum Gasteiger partial charge on any atom is 0.222 e. The zero-order chi connectivity index (χ0) is 16.1. The molecule has 1 aromatic carbocycles. The van der Waals surface area contributed by atoms with Gasteiger partial charge in [-0.25, -0.2) is 0 Å². The molecule has 1 saturated carbocycles. The molecule has 0 radical (unpaired) electrons. The molecule has 0 spiro atoms. The first-order valence-corrected chi connectivity index (χ1v) is 8.93. The number of hydrogen-bond acceptors (Lipinski definition) is 3. The summed E-state index contributed by atoms with van der Waals surface area (Å²) in [5, 5.41) is 0. The zero-order valence-corrected chi connectivity index (χ0v) is 13.8. The molecule has 1 aromatic rings. The third-order valence-corrected chi connectivity index (χ3v) is 5.35. The van der Waals surface area contributed by atoms with Gasteiger partial charge in [-0.3, -0.25) is 4.79 Å². The molecule has 1 amide bonds. The second-order valence-corrected chi connectivity index (χ2v) is 7.01. The van der Waals surface area contributed by atoms with Gasteiger partial charge in [-0.05, 0) is 49.7 Å². The minimum absolute atomic E-state index is 0.232. The van der Waals surface area contributed by atoms with E-state index in [-0.39, 0.29) is 6.04 Å². The topological polar surface area (TPSA) is 55.6 Å². The smallest absolute Gasteiger partial charge is 0.222 e. The van der Waals surface area contributed by atoms with Crippen LogP contribution in [0.15, 0.2) is 30.3 Å². The Morgan fingerprint density at radius 2 is 1.87 bits per heavy atom. The Kier molecular flexibility index (Phi) is 5.55. The second-order valence-electron chi connectivity index (χ2n) is 7.01. The molecule has 2 N–H and O–H groups in total. The molecule has 1 heterocycles. The molecule has 4 nitrogen and oxygen atoms in total. The van der Waals surface area contributed by atoms with Crippen LogP contribution in [0.1, 0.15) is 38.5 Å². The Bertz CT molecular complexity index is 497. The molecule has 2 atom stereocenters. The van der Waals surface area contributed by atoms with E-state index in [0.29, 0.717) is 24.2 Å². The van der Waals surface area contributed by atoms with E-state index >= 15 is 0 Å². The van der Waals surface area contributed by atoms with Crippen molar-refractivity contribution >= 4 is 5.91 Å². The Morgan fingerprint density at radius 1 is 1.13 bits per heavy atom. The van der Waals surface area contributed by atoms with Gasteiger partial charge in [-0.1, -0.05) is 24.6 Å². The minimum atomic E-state index is 0.232. The molecule has 4 heteroatoms. The predicted molar refractivity (Wildman–Crippen MR) is 91.2 cm³/mol. The summed E-state index contributed by atoms with van der Waals surface area (Å²) in [6.07, 6.45) is 6.10. The third kappa shape index (κ3) is 4.47. The molecule has 1 aliphatic heterocycles. The number of carbonyl (C=O) groups is 1. The molecule has 2 fully saturated rings. The number of nitrogens with zero attached hydrogens (tertiary/aromatic N) is 1. The summed E-state index contributed by atoms with van der Waals surface area (Å²) in [4.78, 5) is 14.5. The second kappa shape index (κ2) is 7.82. The number of amides is 1. The summed E-state index contributed by atoms with van der Waals surface area (Å²) < 4.78 is 5.84. The highest BCUT2D eigenvalue weighted by Crippen LogP contribution is 2.28. The standard InChI is InChI=1S/C19H28N2O2/c20-18-8-4-5-16(18)13-19(22)21-11-9-15(10-12-21)14-23-17-6-2-1-3-7-17/h1-3,6-7,15-16,18H,4-5,8-14,20H2/t16-,18+/m0/s1. The van der Waals surface area contributed by atoms with Gasteiger partial charge in [-0.2, -0.15) is 0 Å². The first-order valence-electron chi connectivity index (χ1n) is 8.93. The molecule has 0 unspecified atom stereocenters. The normalized spacial score (nSPS) is 25.5. The van der Waals surface area contributed by atoms with E-state index in [4.69, 9.17) is 10.5 Å². The largest absolute Gasteiger partial charge is 0.493 e. The van der Waals surface area contributed by atoms with Crippen molar-refractivity contribution in [2.24, 2.45) is 17.6 Å². The van der Waals surface area contributed by atoms with Crippen LogP contribution in [0.5, 0.6) is 5.75 Å². The summed E-state index contributed by atoms with van der Waals surface area (Å²) in [5.41, 5.74) is 6.09. The number of rotatable bonds is 5. The number of hydrogen-bond donors (Lipinski definition) is 1. The van der Waals surface area contributed by atoms with Gasteiger partial charge in [0.25, 0.3) is 0 Å². The van der Waals surface area contributed by atoms with Crippen molar-refractivity contribution in [1.29, 1.82) is 0 Å². The van der Waals surface area contributed by atoms with Gasteiger partial charge in [0.2, 0.25) is 5.91 Å². The van der Waals surface area contributed by atoms with Crippen molar-refractivity contribution in [3.8, 4) is 5.75 Å². The van der Waals surface area contributed by atoms with E-state index < -0.39 is 0 Å². The Morgan fingerprint density at radius 3 is 2.52 bits per heavy atom. The first kappa shape index (κ1) is 16.3. The lowest BCUT2D eigenvalue weighted by molar-refractivity contribution is -0.133. The SMILES string of the molecule is N[C@@H]1CCC[C@H]1CC(=O)N1CCC(COc2ccccc2)CC1. The van der Waals surface area contributed by atoms with Crippen LogP contribution in [0, 0.1) is 11.8 Å². The van der Waals surface area contributed by atoms with E-state index in [9.17, 15) is 4.79 Å². The molecule has 3 rings (SSSR count). The van der Waals surface area contributed by atoms with E-state index in [1.807, 2.05) is 35.2 Å². The van der Waals surface area contributed by atoms with E-state index in [2.05, 4.69) is 0 Å². The number of likely N-dealkylation sites (tertiary alicyclic amines) is 1. The average Bonchev–Trinajstić information content (AvgIpc) is 2.99. The van der Waals surface area contributed by atoms with Gasteiger partial charge >= 0.3 is 0 Å². The van der Waals surface area contributed by atoms with Crippen LogP contribution in [0.3, 0.4) is 0 Å². The van der Waals surface area contributed by atoms with Gasteiger partial charge in [-0.15, -0.1) is 0 Å². The number of nitrogens with two attached hydrogens (primary N) is 1. The van der Waals surface area contributed by atoms with E-state index in [0.717, 1.165) is 51.1 Å². The summed E-state index contributed by atoms with van der Waals surface area (Å²) in [6, 6.07) is 10.2. The lowest BCUT2D eigenvalue weighted by Crippen LogP contribution is -2.41. The van der Waals surface area contributed by atoms with Crippen LogP contribution >= 0.6 is 0 Å². The third-order valence-electron chi connectivity index (χ3n) is 5.35. The fourth-order valence-corrected chi connectivity index (χ4v) is 3.75. The van der Waals surface area contributed by atoms with Crippen molar-refractivity contribution in [2.45, 2.75) is 44.6 Å². The van der Waals surface area contributed by atoms with Gasteiger partial charge in [0, 0.05) is 25.6 Å².